The summed E-state index contributed by atoms with van der Waals surface area (Å²) in [7, 11) is 0. The highest BCUT2D eigenvalue weighted by Gasteiger charge is 2.28. The van der Waals surface area contributed by atoms with Gasteiger partial charge >= 0.3 is 0 Å². The van der Waals surface area contributed by atoms with Gasteiger partial charge in [0.1, 0.15) is 5.56 Å². The van der Waals surface area contributed by atoms with Gasteiger partial charge in [0, 0.05) is 53.3 Å². The number of hydrogen-bond acceptors (Lipinski definition) is 9. The molecule has 0 bridgehead atoms. The van der Waals surface area contributed by atoms with Crippen LogP contribution < -0.4 is 0 Å². The quantitative estimate of drug-likeness (QED) is 0.0824. The fraction of sp³-hybridized carbons (Fsp3) is 0. The molecule has 0 fully saturated rings. The lowest BCUT2D eigenvalue weighted by molar-refractivity contribution is 0.329. The third-order valence-electron chi connectivity index (χ3n) is 11.2. The van der Waals surface area contributed by atoms with Crippen LogP contribution in [0.25, 0.3) is 104 Å². The Balaban J connectivity index is 1.14. The Morgan fingerprint density at radius 2 is 0.951 bits per heavy atom. The number of fused-ring (bicyclic) bond motifs is 6. The number of para-hydroxylation sites is 1. The van der Waals surface area contributed by atoms with E-state index in [-0.39, 0.29) is 17.5 Å². The first-order chi connectivity index (χ1) is 29.8. The van der Waals surface area contributed by atoms with Crippen molar-refractivity contribution in [3.05, 3.63) is 164 Å². The van der Waals surface area contributed by atoms with Crippen molar-refractivity contribution in [3.8, 4) is 90.9 Å². The summed E-state index contributed by atoms with van der Waals surface area (Å²) in [5.41, 5.74) is 8.54. The lowest BCUT2D eigenvalue weighted by Crippen LogP contribution is -2.00. The van der Waals surface area contributed by atoms with Crippen LogP contribution in [0.15, 0.2) is 164 Å². The molecule has 0 unspecified atom stereocenters. The molecule has 10 heteroatoms. The van der Waals surface area contributed by atoms with Crippen LogP contribution in [0.3, 0.4) is 0 Å². The third kappa shape index (κ3) is 5.72. The predicted octanol–water partition coefficient (Wildman–Crippen LogP) is 12.2. The Labute approximate surface area is 351 Å². The van der Waals surface area contributed by atoms with Crippen molar-refractivity contribution < 1.29 is 25.5 Å². The van der Waals surface area contributed by atoms with E-state index in [1.54, 1.807) is 11.3 Å². The summed E-state index contributed by atoms with van der Waals surface area (Å²) in [6.45, 7) is 0. The van der Waals surface area contributed by atoms with Crippen molar-refractivity contribution in [2.75, 3.05) is 0 Å². The van der Waals surface area contributed by atoms with Crippen molar-refractivity contribution in [1.82, 2.24) is 19.5 Å². The molecule has 3 heterocycles. The van der Waals surface area contributed by atoms with E-state index in [2.05, 4.69) is 124 Å². The number of thiophene rings is 1. The Bertz CT molecular complexity index is 3500. The molecule has 0 spiro atoms. The summed E-state index contributed by atoms with van der Waals surface area (Å²) < 4.78 is 4.45. The molecule has 0 amide bonds. The predicted molar refractivity (Wildman–Crippen MR) is 243 cm³/mol. The summed E-state index contributed by atoms with van der Waals surface area (Å²) in [4.78, 5) is 14.0. The van der Waals surface area contributed by atoms with Gasteiger partial charge in [-0.25, -0.2) is 15.0 Å². The highest BCUT2D eigenvalue weighted by atomic mass is 32.1. The fourth-order valence-electron chi connectivity index (χ4n) is 8.35. The minimum atomic E-state index is -1.07. The number of phenolic OH excluding ortho intramolecular Hbond substituents is 5. The van der Waals surface area contributed by atoms with E-state index in [0.717, 1.165) is 53.6 Å². The Morgan fingerprint density at radius 1 is 0.393 bits per heavy atom. The zero-order valence-corrected chi connectivity index (χ0v) is 32.8. The van der Waals surface area contributed by atoms with Crippen LogP contribution in [0, 0.1) is 0 Å². The van der Waals surface area contributed by atoms with Gasteiger partial charge in [-0.05, 0) is 47.0 Å². The van der Waals surface area contributed by atoms with E-state index >= 15 is 0 Å². The van der Waals surface area contributed by atoms with Gasteiger partial charge in [0.2, 0.25) is 17.2 Å². The molecule has 11 rings (SSSR count). The average Bonchev–Trinajstić information content (AvgIpc) is 3.86. The maximum Gasteiger partial charge on any atom is 0.208 e. The topological polar surface area (TPSA) is 145 Å². The Kier molecular flexibility index (Phi) is 8.23. The fourth-order valence-corrected chi connectivity index (χ4v) is 9.61. The summed E-state index contributed by atoms with van der Waals surface area (Å²) in [6.07, 6.45) is 0. The number of nitrogens with zero attached hydrogens (tertiary/aromatic N) is 4. The third-order valence-corrected chi connectivity index (χ3v) is 12.4. The average molecular weight is 813 g/mol. The number of rotatable bonds is 6. The highest BCUT2D eigenvalue weighted by molar-refractivity contribution is 7.26. The molecule has 8 aromatic carbocycles. The molecule has 0 aliphatic heterocycles. The van der Waals surface area contributed by atoms with Crippen LogP contribution >= 0.6 is 11.3 Å². The van der Waals surface area contributed by atoms with Gasteiger partial charge in [0.15, 0.2) is 29.0 Å². The maximum atomic E-state index is 10.9. The molecule has 5 N–H and O–H groups in total. The van der Waals surface area contributed by atoms with Crippen LogP contribution in [-0.4, -0.2) is 45.1 Å². The summed E-state index contributed by atoms with van der Waals surface area (Å²) in [5.74, 6) is -4.69. The number of benzene rings is 8. The Morgan fingerprint density at radius 3 is 1.64 bits per heavy atom. The van der Waals surface area contributed by atoms with Crippen LogP contribution in [0.5, 0.6) is 28.7 Å². The molecule has 3 aromatic heterocycles. The van der Waals surface area contributed by atoms with Gasteiger partial charge in [-0.3, -0.25) is 0 Å². The van der Waals surface area contributed by atoms with E-state index in [9.17, 15) is 25.5 Å². The lowest BCUT2D eigenvalue weighted by Gasteiger charge is -2.13. The summed E-state index contributed by atoms with van der Waals surface area (Å²) in [5, 5.41) is 57.2. The van der Waals surface area contributed by atoms with Crippen LogP contribution in [0.2, 0.25) is 0 Å². The smallest absolute Gasteiger partial charge is 0.208 e. The SMILES string of the molecule is Oc1c(O)c(O)c(-c2nc(-c3ccccc3)nc(-c3ccc4c(c3)sc3c(-c5ccccc5)cc(-n5c6ccccc6c6c(-c7ccccc7)cccc65)cc34)n2)c(O)c1O. The van der Waals surface area contributed by atoms with Gasteiger partial charge in [0.25, 0.3) is 0 Å². The molecule has 9 nitrogen and oxygen atoms in total. The normalized spacial score (nSPS) is 11.6. The zero-order valence-electron chi connectivity index (χ0n) is 32.0. The largest absolute Gasteiger partial charge is 0.504 e. The molecule has 0 atom stereocenters. The first-order valence-corrected chi connectivity index (χ1v) is 20.3. The molecule has 0 aliphatic carbocycles. The first kappa shape index (κ1) is 35.9. The zero-order chi connectivity index (χ0) is 41.4. The van der Waals surface area contributed by atoms with Gasteiger partial charge in [0.05, 0.1) is 11.0 Å². The second-order valence-electron chi connectivity index (χ2n) is 14.8. The monoisotopic (exact) mass is 812 g/mol. The summed E-state index contributed by atoms with van der Waals surface area (Å²) in [6, 6.07) is 55.7. The maximum absolute atomic E-state index is 10.9. The number of hydrogen-bond donors (Lipinski definition) is 5. The van der Waals surface area contributed by atoms with Crippen molar-refractivity contribution in [2.24, 2.45) is 0 Å². The van der Waals surface area contributed by atoms with E-state index < -0.39 is 34.3 Å². The van der Waals surface area contributed by atoms with E-state index in [1.165, 1.54) is 16.3 Å². The second-order valence-corrected chi connectivity index (χ2v) is 15.8. The van der Waals surface area contributed by atoms with E-state index in [1.807, 2.05) is 54.6 Å². The molecule has 0 aliphatic rings. The molecule has 292 valence electrons. The standard InChI is InChI=1S/C51H32N4O5S/c56-43-42(44(57)46(59)47(60)45(43)58)51-53-49(30-17-8-3-9-18-30)52-50(54-51)31-23-24-34-37-27-32(26-36(29-15-6-2-7-16-29)48(37)61-40(34)25-31)55-38-21-11-10-19-35(38)41-33(20-12-22-39(41)55)28-13-4-1-5-14-28/h1-27,56-60H. The van der Waals surface area contributed by atoms with Gasteiger partial charge in [-0.1, -0.05) is 133 Å². The van der Waals surface area contributed by atoms with E-state index in [4.69, 9.17) is 4.98 Å². The Hall–Kier alpha value is -8.21. The van der Waals surface area contributed by atoms with Crippen molar-refractivity contribution in [3.63, 3.8) is 0 Å². The van der Waals surface area contributed by atoms with Crippen LogP contribution in [0.4, 0.5) is 0 Å². The summed E-state index contributed by atoms with van der Waals surface area (Å²) >= 11 is 1.66. The molecule has 11 aromatic rings. The number of aromatic hydroxyl groups is 5. The molecular weight excluding hydrogens is 781 g/mol. The minimum Gasteiger partial charge on any atom is -0.504 e. The van der Waals surface area contributed by atoms with Crippen molar-refractivity contribution in [1.29, 1.82) is 0 Å². The van der Waals surface area contributed by atoms with Gasteiger partial charge in [-0.2, -0.15) is 0 Å². The molecule has 0 saturated heterocycles. The van der Waals surface area contributed by atoms with E-state index in [0.29, 0.717) is 11.1 Å². The van der Waals surface area contributed by atoms with Gasteiger partial charge < -0.3 is 30.1 Å². The highest BCUT2D eigenvalue weighted by Crippen LogP contribution is 2.54. The minimum absolute atomic E-state index is 0.220. The van der Waals surface area contributed by atoms with Crippen molar-refractivity contribution >= 4 is 53.3 Å². The second kappa shape index (κ2) is 14.0. The first-order valence-electron chi connectivity index (χ1n) is 19.5. The molecule has 61 heavy (non-hydrogen) atoms. The van der Waals surface area contributed by atoms with Crippen LogP contribution in [-0.2, 0) is 0 Å². The lowest BCUT2D eigenvalue weighted by atomic mass is 9.99. The van der Waals surface area contributed by atoms with Gasteiger partial charge in [-0.15, -0.1) is 11.3 Å². The van der Waals surface area contributed by atoms with Crippen LogP contribution in [0.1, 0.15) is 0 Å². The molecule has 0 radical (unpaired) electrons. The molecule has 0 saturated carbocycles. The van der Waals surface area contributed by atoms with Crippen molar-refractivity contribution in [2.45, 2.75) is 0 Å². The molecular formula is C51H32N4O5S. The number of aromatic nitrogens is 4. The number of phenols is 5.